The van der Waals surface area contributed by atoms with Crippen molar-refractivity contribution in [1.82, 2.24) is 16.1 Å². The zero-order chi connectivity index (χ0) is 20.3. The summed E-state index contributed by atoms with van der Waals surface area (Å²) in [5.41, 5.74) is 2.22. The number of hydrogen-bond donors (Lipinski definition) is 5. The SMILES string of the molecule is CC(C)(C)NC(=S)NC(CCCCCC(=O)Nc1ccccc1)C(=O)NO. The van der Waals surface area contributed by atoms with Gasteiger partial charge in [0, 0.05) is 17.6 Å². The third-order valence-corrected chi connectivity index (χ3v) is 3.89. The number of nitrogens with one attached hydrogen (secondary N) is 4. The number of hydrogen-bond acceptors (Lipinski definition) is 4. The standard InChI is InChI=1S/C19H30N4O3S/c1-19(2,3)22-18(27)21-15(17(25)23-26)12-8-5-9-13-16(24)20-14-10-6-4-7-11-14/h4,6-7,10-11,15,26H,5,8-9,12-13H2,1-3H3,(H,20,24)(H,23,25)(H2,21,22,27). The van der Waals surface area contributed by atoms with E-state index in [0.717, 1.165) is 24.9 Å². The van der Waals surface area contributed by atoms with Crippen LogP contribution in [0.3, 0.4) is 0 Å². The summed E-state index contributed by atoms with van der Waals surface area (Å²) in [5.74, 6) is -0.561. The first kappa shape index (κ1) is 22.9. The minimum Gasteiger partial charge on any atom is -0.358 e. The highest BCUT2D eigenvalue weighted by atomic mass is 32.1. The van der Waals surface area contributed by atoms with Crippen molar-refractivity contribution in [2.24, 2.45) is 0 Å². The molecule has 0 saturated carbocycles. The maximum atomic E-state index is 11.9. The molecule has 27 heavy (non-hydrogen) atoms. The van der Waals surface area contributed by atoms with Crippen LogP contribution in [0, 0.1) is 0 Å². The Morgan fingerprint density at radius 1 is 1.11 bits per heavy atom. The number of carbonyl (C=O) groups excluding carboxylic acids is 2. The Hall–Kier alpha value is -2.19. The van der Waals surface area contributed by atoms with E-state index < -0.39 is 11.9 Å². The molecule has 2 amide bonds. The molecule has 0 aliphatic heterocycles. The zero-order valence-electron chi connectivity index (χ0n) is 16.2. The molecule has 0 aliphatic rings. The van der Waals surface area contributed by atoms with Gasteiger partial charge in [-0.2, -0.15) is 0 Å². The molecule has 8 heteroatoms. The largest absolute Gasteiger partial charge is 0.358 e. The molecular formula is C19H30N4O3S. The van der Waals surface area contributed by atoms with Crippen molar-refractivity contribution in [3.63, 3.8) is 0 Å². The van der Waals surface area contributed by atoms with Gasteiger partial charge < -0.3 is 16.0 Å². The van der Waals surface area contributed by atoms with Crippen LogP contribution in [0.4, 0.5) is 5.69 Å². The number of carbonyl (C=O) groups is 2. The first-order valence-corrected chi connectivity index (χ1v) is 9.49. The molecule has 0 heterocycles. The van der Waals surface area contributed by atoms with Crippen LogP contribution in [0.1, 0.15) is 52.9 Å². The van der Waals surface area contributed by atoms with Crippen molar-refractivity contribution in [2.75, 3.05) is 5.32 Å². The summed E-state index contributed by atoms with van der Waals surface area (Å²) in [6, 6.07) is 8.69. The van der Waals surface area contributed by atoms with E-state index in [4.69, 9.17) is 17.4 Å². The Balaban J connectivity index is 2.31. The van der Waals surface area contributed by atoms with Crippen LogP contribution in [0.2, 0.25) is 0 Å². The quantitative estimate of drug-likeness (QED) is 0.191. The van der Waals surface area contributed by atoms with Crippen molar-refractivity contribution < 1.29 is 14.8 Å². The van der Waals surface area contributed by atoms with E-state index in [1.165, 1.54) is 0 Å². The number of anilines is 1. The molecule has 0 spiro atoms. The topological polar surface area (TPSA) is 102 Å². The summed E-state index contributed by atoms with van der Waals surface area (Å²) in [7, 11) is 0. The van der Waals surface area contributed by atoms with Crippen molar-refractivity contribution in [1.29, 1.82) is 0 Å². The molecule has 1 aromatic rings. The summed E-state index contributed by atoms with van der Waals surface area (Å²) >= 11 is 5.21. The smallest absolute Gasteiger partial charge is 0.265 e. The highest BCUT2D eigenvalue weighted by molar-refractivity contribution is 7.80. The summed E-state index contributed by atoms with van der Waals surface area (Å²) in [6.07, 6.45) is 3.15. The molecule has 0 aliphatic carbocycles. The molecule has 0 bridgehead atoms. The minimum absolute atomic E-state index is 0.0282. The number of hydroxylamine groups is 1. The van der Waals surface area contributed by atoms with Gasteiger partial charge in [0.1, 0.15) is 6.04 Å². The first-order valence-electron chi connectivity index (χ1n) is 9.09. The molecule has 0 fully saturated rings. The fourth-order valence-electron chi connectivity index (χ4n) is 2.44. The van der Waals surface area contributed by atoms with Crippen LogP contribution in [0.25, 0.3) is 0 Å². The molecule has 1 rings (SSSR count). The normalized spacial score (nSPS) is 12.0. The fourth-order valence-corrected chi connectivity index (χ4v) is 2.89. The average molecular weight is 395 g/mol. The van der Waals surface area contributed by atoms with E-state index in [1.54, 1.807) is 5.48 Å². The summed E-state index contributed by atoms with van der Waals surface area (Å²) < 4.78 is 0. The van der Waals surface area contributed by atoms with Gasteiger partial charge in [-0.1, -0.05) is 31.0 Å². The Bertz CT molecular complexity index is 617. The predicted octanol–water partition coefficient (Wildman–Crippen LogP) is 2.71. The van der Waals surface area contributed by atoms with Crippen LogP contribution >= 0.6 is 12.2 Å². The van der Waals surface area contributed by atoms with Gasteiger partial charge in [-0.3, -0.25) is 14.8 Å². The molecule has 1 unspecified atom stereocenters. The lowest BCUT2D eigenvalue weighted by atomic mass is 10.1. The van der Waals surface area contributed by atoms with Crippen molar-refractivity contribution in [2.45, 2.75) is 64.5 Å². The lowest BCUT2D eigenvalue weighted by Gasteiger charge is -2.26. The van der Waals surface area contributed by atoms with E-state index in [0.29, 0.717) is 18.0 Å². The molecule has 0 aromatic heterocycles. The Morgan fingerprint density at radius 2 is 1.78 bits per heavy atom. The van der Waals surface area contributed by atoms with Gasteiger partial charge in [0.25, 0.3) is 5.91 Å². The third-order valence-electron chi connectivity index (χ3n) is 3.67. The highest BCUT2D eigenvalue weighted by Crippen LogP contribution is 2.10. The first-order chi connectivity index (χ1) is 12.7. The van der Waals surface area contributed by atoms with Crippen molar-refractivity contribution in [3.05, 3.63) is 30.3 Å². The number of amides is 2. The minimum atomic E-state index is -0.629. The number of thiocarbonyl (C=S) groups is 1. The molecule has 7 nitrogen and oxygen atoms in total. The predicted molar refractivity (Wildman–Crippen MR) is 110 cm³/mol. The van der Waals surface area contributed by atoms with E-state index in [9.17, 15) is 9.59 Å². The number of unbranched alkanes of at least 4 members (excludes halogenated alkanes) is 2. The second-order valence-electron chi connectivity index (χ2n) is 7.39. The van der Waals surface area contributed by atoms with Crippen LogP contribution in [0.15, 0.2) is 30.3 Å². The maximum absolute atomic E-state index is 11.9. The summed E-state index contributed by atoms with van der Waals surface area (Å²) in [5, 5.41) is 18.1. The van der Waals surface area contributed by atoms with E-state index in [1.807, 2.05) is 51.1 Å². The van der Waals surface area contributed by atoms with E-state index in [-0.39, 0.29) is 11.4 Å². The Kier molecular flexibility index (Phi) is 9.74. The van der Waals surface area contributed by atoms with Gasteiger partial charge in [-0.25, -0.2) is 5.48 Å². The molecule has 1 atom stereocenters. The van der Waals surface area contributed by atoms with Crippen LogP contribution in [-0.2, 0) is 9.59 Å². The molecule has 0 saturated heterocycles. The van der Waals surface area contributed by atoms with Crippen LogP contribution in [0.5, 0.6) is 0 Å². The molecule has 5 N–H and O–H groups in total. The lowest BCUT2D eigenvalue weighted by Crippen LogP contribution is -2.53. The van der Waals surface area contributed by atoms with Crippen LogP contribution < -0.4 is 21.4 Å². The third kappa shape index (κ3) is 10.5. The fraction of sp³-hybridized carbons (Fsp3) is 0.526. The molecule has 0 radical (unpaired) electrons. The summed E-state index contributed by atoms with van der Waals surface area (Å²) in [6.45, 7) is 5.88. The molecular weight excluding hydrogens is 364 g/mol. The lowest BCUT2D eigenvalue weighted by molar-refractivity contribution is -0.131. The van der Waals surface area contributed by atoms with Gasteiger partial charge >= 0.3 is 0 Å². The van der Waals surface area contributed by atoms with E-state index in [2.05, 4.69) is 16.0 Å². The van der Waals surface area contributed by atoms with Crippen molar-refractivity contribution in [3.8, 4) is 0 Å². The number of rotatable bonds is 9. The van der Waals surface area contributed by atoms with Gasteiger partial charge in [0.05, 0.1) is 0 Å². The molecule has 150 valence electrons. The van der Waals surface area contributed by atoms with E-state index >= 15 is 0 Å². The second kappa shape index (κ2) is 11.5. The van der Waals surface area contributed by atoms with Gasteiger partial charge in [0.2, 0.25) is 5.91 Å². The monoisotopic (exact) mass is 394 g/mol. The zero-order valence-corrected chi connectivity index (χ0v) is 17.0. The second-order valence-corrected chi connectivity index (χ2v) is 7.80. The van der Waals surface area contributed by atoms with Gasteiger partial charge in [-0.05, 0) is 58.0 Å². The Labute approximate surface area is 166 Å². The number of benzene rings is 1. The van der Waals surface area contributed by atoms with Crippen molar-refractivity contribution >= 4 is 34.8 Å². The summed E-state index contributed by atoms with van der Waals surface area (Å²) in [4.78, 5) is 23.7. The van der Waals surface area contributed by atoms with Gasteiger partial charge in [-0.15, -0.1) is 0 Å². The Morgan fingerprint density at radius 3 is 2.37 bits per heavy atom. The maximum Gasteiger partial charge on any atom is 0.265 e. The van der Waals surface area contributed by atoms with Crippen LogP contribution in [-0.4, -0.2) is 33.7 Å². The van der Waals surface area contributed by atoms with Gasteiger partial charge in [0.15, 0.2) is 5.11 Å². The molecule has 1 aromatic carbocycles. The average Bonchev–Trinajstić information content (AvgIpc) is 2.59. The highest BCUT2D eigenvalue weighted by Gasteiger charge is 2.20. The number of para-hydroxylation sites is 1.